The molecule has 2 aliphatic rings. The fourth-order valence-electron chi connectivity index (χ4n) is 3.98. The second kappa shape index (κ2) is 8.84. The lowest BCUT2D eigenvalue weighted by molar-refractivity contribution is -0.142. The summed E-state index contributed by atoms with van der Waals surface area (Å²) in [5.74, 6) is -0.976. The fourth-order valence-corrected chi connectivity index (χ4v) is 4.24. The number of rotatable bonds is 7. The van der Waals surface area contributed by atoms with Crippen LogP contribution in [-0.2, 0) is 9.59 Å². The third-order valence-electron chi connectivity index (χ3n) is 5.33. The van der Waals surface area contributed by atoms with Gasteiger partial charge in [-0.15, -0.1) is 0 Å². The zero-order chi connectivity index (χ0) is 18.5. The van der Waals surface area contributed by atoms with E-state index in [-0.39, 0.29) is 18.5 Å². The maximum atomic E-state index is 12.4. The van der Waals surface area contributed by atoms with Crippen molar-refractivity contribution in [3.63, 3.8) is 0 Å². The van der Waals surface area contributed by atoms with E-state index < -0.39 is 12.0 Å². The number of hydrogen-bond acceptors (Lipinski definition) is 4. The van der Waals surface area contributed by atoms with Gasteiger partial charge in [0.05, 0.1) is 12.6 Å². The van der Waals surface area contributed by atoms with Gasteiger partial charge in [-0.25, -0.2) is 0 Å². The lowest BCUT2D eigenvalue weighted by atomic mass is 10.1. The monoisotopic (exact) mass is 379 g/mol. The molecule has 0 spiro atoms. The van der Waals surface area contributed by atoms with Crippen LogP contribution >= 0.6 is 11.6 Å². The van der Waals surface area contributed by atoms with Crippen molar-refractivity contribution in [1.29, 1.82) is 0 Å². The van der Waals surface area contributed by atoms with Crippen LogP contribution in [0.15, 0.2) is 24.3 Å². The molecule has 2 aliphatic heterocycles. The molecule has 142 valence electrons. The number of nitrogens with one attached hydrogen (secondary N) is 1. The maximum Gasteiger partial charge on any atom is 0.320 e. The predicted octanol–water partition coefficient (Wildman–Crippen LogP) is 2.14. The van der Waals surface area contributed by atoms with Gasteiger partial charge in [-0.1, -0.05) is 29.8 Å². The van der Waals surface area contributed by atoms with Gasteiger partial charge < -0.3 is 10.4 Å². The molecular weight excluding hydrogens is 354 g/mol. The Hall–Kier alpha value is -1.63. The predicted molar refractivity (Wildman–Crippen MR) is 100 cm³/mol. The second-order valence-electron chi connectivity index (χ2n) is 7.05. The summed E-state index contributed by atoms with van der Waals surface area (Å²) in [6, 6.07) is 7.27. The average Bonchev–Trinajstić information content (AvgIpc) is 3.28. The van der Waals surface area contributed by atoms with E-state index in [0.29, 0.717) is 24.5 Å². The van der Waals surface area contributed by atoms with Gasteiger partial charge >= 0.3 is 5.97 Å². The molecule has 1 aromatic carbocycles. The molecule has 2 heterocycles. The molecule has 1 aromatic rings. The van der Waals surface area contributed by atoms with Gasteiger partial charge in [0, 0.05) is 11.6 Å². The van der Waals surface area contributed by atoms with E-state index in [2.05, 4.69) is 10.2 Å². The standard InChI is InChI=1S/C19H26ClN3O3/c20-15-7-2-1-6-14(15)17(22-9-3-4-10-22)12-21-18(24)13-23-11-5-8-16(23)19(25)26/h1-2,6-7,16-17H,3-5,8-13H2,(H,21,24)(H,25,26)/t16-,17?/m1/s1. The van der Waals surface area contributed by atoms with Crippen molar-refractivity contribution in [3.8, 4) is 0 Å². The minimum Gasteiger partial charge on any atom is -0.480 e. The first-order chi connectivity index (χ1) is 12.6. The van der Waals surface area contributed by atoms with Crippen LogP contribution in [0.5, 0.6) is 0 Å². The van der Waals surface area contributed by atoms with E-state index in [1.54, 1.807) is 4.90 Å². The number of carboxylic acid groups (broad SMARTS) is 1. The molecule has 0 aromatic heterocycles. The van der Waals surface area contributed by atoms with Gasteiger partial charge in [0.25, 0.3) is 0 Å². The van der Waals surface area contributed by atoms with E-state index in [0.717, 1.165) is 37.9 Å². The first-order valence-corrected chi connectivity index (χ1v) is 9.66. The number of carbonyl (C=O) groups is 2. The van der Waals surface area contributed by atoms with Crippen molar-refractivity contribution >= 4 is 23.5 Å². The van der Waals surface area contributed by atoms with Gasteiger partial charge in [-0.05, 0) is 56.9 Å². The van der Waals surface area contributed by atoms with Gasteiger partial charge in [-0.3, -0.25) is 19.4 Å². The van der Waals surface area contributed by atoms with Crippen LogP contribution in [0.1, 0.15) is 37.3 Å². The Balaban J connectivity index is 1.61. The van der Waals surface area contributed by atoms with Crippen molar-refractivity contribution in [2.24, 2.45) is 0 Å². The molecule has 3 rings (SSSR count). The SMILES string of the molecule is O=C(CN1CCC[C@@H]1C(=O)O)NCC(c1ccccc1Cl)N1CCCC1. The number of aliphatic carboxylic acids is 1. The number of nitrogens with zero attached hydrogens (tertiary/aromatic N) is 2. The van der Waals surface area contributed by atoms with E-state index in [1.807, 2.05) is 24.3 Å². The molecule has 26 heavy (non-hydrogen) atoms. The number of carboxylic acids is 1. The van der Waals surface area contributed by atoms with Gasteiger partial charge in [0.1, 0.15) is 6.04 Å². The lowest BCUT2D eigenvalue weighted by Gasteiger charge is -2.29. The highest BCUT2D eigenvalue weighted by molar-refractivity contribution is 6.31. The molecule has 2 fully saturated rings. The third-order valence-corrected chi connectivity index (χ3v) is 5.68. The van der Waals surface area contributed by atoms with Gasteiger partial charge in [0.2, 0.25) is 5.91 Å². The molecule has 7 heteroatoms. The summed E-state index contributed by atoms with van der Waals surface area (Å²) >= 11 is 6.39. The highest BCUT2D eigenvalue weighted by Gasteiger charge is 2.32. The lowest BCUT2D eigenvalue weighted by Crippen LogP contribution is -2.45. The number of benzene rings is 1. The molecule has 0 bridgehead atoms. The van der Waals surface area contributed by atoms with E-state index in [4.69, 9.17) is 11.6 Å². The summed E-state index contributed by atoms with van der Waals surface area (Å²) in [6.07, 6.45) is 3.74. The van der Waals surface area contributed by atoms with Crippen molar-refractivity contribution < 1.29 is 14.7 Å². The van der Waals surface area contributed by atoms with Crippen molar-refractivity contribution in [2.45, 2.75) is 37.8 Å². The largest absolute Gasteiger partial charge is 0.480 e. The first kappa shape index (κ1) is 19.1. The summed E-state index contributed by atoms with van der Waals surface area (Å²) in [6.45, 7) is 3.27. The van der Waals surface area contributed by atoms with Crippen LogP contribution in [0.2, 0.25) is 5.02 Å². The quantitative estimate of drug-likeness (QED) is 0.759. The summed E-state index contributed by atoms with van der Waals surface area (Å²) in [5.41, 5.74) is 1.03. The summed E-state index contributed by atoms with van der Waals surface area (Å²) in [4.78, 5) is 27.8. The summed E-state index contributed by atoms with van der Waals surface area (Å²) < 4.78 is 0. The molecule has 1 unspecified atom stereocenters. The number of halogens is 1. The zero-order valence-electron chi connectivity index (χ0n) is 14.9. The number of likely N-dealkylation sites (tertiary alicyclic amines) is 2. The number of carbonyl (C=O) groups excluding carboxylic acids is 1. The normalized spacial score (nSPS) is 22.4. The highest BCUT2D eigenvalue weighted by atomic mass is 35.5. The van der Waals surface area contributed by atoms with E-state index >= 15 is 0 Å². The van der Waals surface area contributed by atoms with Crippen LogP contribution in [0.25, 0.3) is 0 Å². The van der Waals surface area contributed by atoms with Crippen molar-refractivity contribution in [3.05, 3.63) is 34.9 Å². The Labute approximate surface area is 159 Å². The maximum absolute atomic E-state index is 12.4. The molecule has 0 saturated carbocycles. The Kier molecular flexibility index (Phi) is 6.51. The van der Waals surface area contributed by atoms with Crippen LogP contribution in [0.4, 0.5) is 0 Å². The topological polar surface area (TPSA) is 72.9 Å². The number of amides is 1. The number of hydrogen-bond donors (Lipinski definition) is 2. The van der Waals surface area contributed by atoms with Crippen LogP contribution in [0, 0.1) is 0 Å². The van der Waals surface area contributed by atoms with Gasteiger partial charge in [0.15, 0.2) is 0 Å². The fraction of sp³-hybridized carbons (Fsp3) is 0.579. The molecule has 1 amide bonds. The van der Waals surface area contributed by atoms with Gasteiger partial charge in [-0.2, -0.15) is 0 Å². The smallest absolute Gasteiger partial charge is 0.320 e. The second-order valence-corrected chi connectivity index (χ2v) is 7.46. The highest BCUT2D eigenvalue weighted by Crippen LogP contribution is 2.29. The average molecular weight is 380 g/mol. The molecule has 6 nitrogen and oxygen atoms in total. The van der Waals surface area contributed by atoms with Crippen LogP contribution in [-0.4, -0.2) is 65.5 Å². The molecule has 0 radical (unpaired) electrons. The Morgan fingerprint density at radius 3 is 2.62 bits per heavy atom. The van der Waals surface area contributed by atoms with Crippen LogP contribution < -0.4 is 5.32 Å². The Morgan fingerprint density at radius 2 is 1.92 bits per heavy atom. The molecule has 2 atom stereocenters. The molecule has 0 aliphatic carbocycles. The first-order valence-electron chi connectivity index (χ1n) is 9.28. The van der Waals surface area contributed by atoms with E-state index in [9.17, 15) is 14.7 Å². The summed E-state index contributed by atoms with van der Waals surface area (Å²) in [7, 11) is 0. The minimum atomic E-state index is -0.846. The molecule has 2 N–H and O–H groups in total. The van der Waals surface area contributed by atoms with Crippen molar-refractivity contribution in [1.82, 2.24) is 15.1 Å². The van der Waals surface area contributed by atoms with E-state index in [1.165, 1.54) is 0 Å². The Morgan fingerprint density at radius 1 is 1.19 bits per heavy atom. The third kappa shape index (κ3) is 4.55. The molecular formula is C19H26ClN3O3. The Bertz CT molecular complexity index is 649. The van der Waals surface area contributed by atoms with Crippen molar-refractivity contribution in [2.75, 3.05) is 32.7 Å². The summed E-state index contributed by atoms with van der Waals surface area (Å²) in [5, 5.41) is 13.0. The minimum absolute atomic E-state index is 0.0454. The van der Waals surface area contributed by atoms with Crippen LogP contribution in [0.3, 0.4) is 0 Å². The molecule has 2 saturated heterocycles. The zero-order valence-corrected chi connectivity index (χ0v) is 15.6.